The lowest BCUT2D eigenvalue weighted by Crippen LogP contribution is -3.00. The summed E-state index contributed by atoms with van der Waals surface area (Å²) in [5.74, 6) is 0. The fraction of sp³-hybridized carbons (Fsp3) is 0.900. The lowest BCUT2D eigenvalue weighted by Gasteiger charge is -2.33. The summed E-state index contributed by atoms with van der Waals surface area (Å²) in [6.45, 7) is 23.8. The molecule has 9 N–H and O–H groups in total. The van der Waals surface area contributed by atoms with Crippen molar-refractivity contribution in [3.05, 3.63) is 4.13 Å². The molecule has 0 spiro atoms. The molecule has 0 aromatic heterocycles. The Morgan fingerprint density at radius 3 is 0.966 bits per heavy atom. The third kappa shape index (κ3) is 33.6. The van der Waals surface area contributed by atoms with Crippen LogP contribution in [0.4, 0.5) is 40.7 Å². The van der Waals surface area contributed by atoms with E-state index in [1.54, 1.807) is 62.3 Å². The highest BCUT2D eigenvalue weighted by atomic mass is 127. The fourth-order valence-electron chi connectivity index (χ4n) is 3.71. The molecular formula is C30H63F6IN9O10S2-. The van der Waals surface area contributed by atoms with Crippen LogP contribution in [-0.4, -0.2) is 158 Å². The Bertz CT molecular complexity index is 1290. The van der Waals surface area contributed by atoms with Gasteiger partial charge in [-0.15, -0.1) is 0 Å². The van der Waals surface area contributed by atoms with Crippen LogP contribution in [0, 0.1) is 0 Å². The van der Waals surface area contributed by atoms with Crippen LogP contribution in [-0.2, 0) is 34.3 Å². The molecule has 3 amide bonds. The molecule has 350 valence electrons. The first-order valence-corrected chi connectivity index (χ1v) is 20.2. The number of nitrogens with zero attached hydrogens (tertiary/aromatic N) is 3. The first-order valence-electron chi connectivity index (χ1n) is 17.3. The molecule has 0 atom stereocenters. The van der Waals surface area contributed by atoms with Crippen LogP contribution in [0.2, 0.25) is 0 Å². The number of nitrogens with two attached hydrogens (primary N) is 3. The fourth-order valence-corrected chi connectivity index (χ4v) is 5.42. The van der Waals surface area contributed by atoms with Gasteiger partial charge in [0.15, 0.2) is 20.0 Å². The van der Waals surface area contributed by atoms with Gasteiger partial charge in [0, 0.05) is 58.9 Å². The predicted octanol–water partition coefficient (Wildman–Crippen LogP) is -0.765. The molecule has 0 radical (unpaired) electrons. The first-order chi connectivity index (χ1) is 25.4. The average molecular weight is 1010 g/mol. The molecule has 0 aliphatic rings. The highest BCUT2D eigenvalue weighted by Gasteiger charge is 2.47. The van der Waals surface area contributed by atoms with Crippen molar-refractivity contribution < 1.29 is 100 Å². The SMILES string of the molecule is CC(C)(C)OC(=O)NCCN(CCNC(=O)OC(C)(C)C)CCNC(=O)OC(C)(C)C.C[N+](CCN)(CCN)CCN.O=S(=O)([N-]S(=O)(=O)C(F)(F)F)C(F)(F)F.[I-]. The van der Waals surface area contributed by atoms with Gasteiger partial charge < -0.3 is 79.9 Å². The summed E-state index contributed by atoms with van der Waals surface area (Å²) in [6.07, 6.45) is -1.48. The highest BCUT2D eigenvalue weighted by Crippen LogP contribution is 2.36. The van der Waals surface area contributed by atoms with Crippen molar-refractivity contribution in [2.45, 2.75) is 90.1 Å². The second-order valence-electron chi connectivity index (χ2n) is 15.2. The normalized spacial score (nSPS) is 12.8. The number of likely N-dealkylation sites (N-methyl/N-ethyl adjacent to an activating group) is 1. The number of alkyl halides is 6. The Morgan fingerprint density at radius 2 is 0.793 bits per heavy atom. The zero-order valence-electron chi connectivity index (χ0n) is 34.6. The second kappa shape index (κ2) is 26.9. The number of hydrogen-bond acceptors (Lipinski definition) is 14. The molecule has 19 nitrogen and oxygen atoms in total. The number of alkyl carbamates (subject to hydrolysis) is 3. The third-order valence-corrected chi connectivity index (χ3v) is 8.82. The summed E-state index contributed by atoms with van der Waals surface area (Å²) in [4.78, 5) is 37.4. The molecule has 58 heavy (non-hydrogen) atoms. The molecule has 0 aliphatic carbocycles. The standard InChI is InChI=1S/C21H42N4O6.C7H21N4.C2F6NO4S2.HI/c1-19(2,3)29-16(26)22-10-13-25(14-11-23-17(27)30-20(4,5)6)15-12-24-18(28)31-21(7,8)9;1-11(5-2-8,6-3-9)7-4-10;3-1(4,5)14(10,11)9-15(12,13)2(6,7)8;/h10-15H2,1-9H3,(H,22,26)(H,23,27)(H,24,28);2-10H2,1H3;;1H/q;+1;-1;/p-1. The summed E-state index contributed by atoms with van der Waals surface area (Å²) < 4.78 is 126. The van der Waals surface area contributed by atoms with E-state index in [1.165, 1.54) is 0 Å². The maximum atomic E-state index is 11.8. The minimum atomic E-state index is -6.72. The van der Waals surface area contributed by atoms with E-state index < -0.39 is 66.1 Å². The van der Waals surface area contributed by atoms with Crippen molar-refractivity contribution >= 4 is 38.3 Å². The number of sulfonamides is 2. The van der Waals surface area contributed by atoms with Crippen molar-refractivity contribution in [3.8, 4) is 0 Å². The number of halogens is 7. The van der Waals surface area contributed by atoms with E-state index in [-0.39, 0.29) is 24.0 Å². The number of carbonyl (C=O) groups is 3. The molecular weight excluding hydrogens is 951 g/mol. The predicted molar refractivity (Wildman–Crippen MR) is 200 cm³/mol. The first kappa shape index (κ1) is 62.4. The summed E-state index contributed by atoms with van der Waals surface area (Å²) >= 11 is 0. The Balaban J connectivity index is -0.000000445. The van der Waals surface area contributed by atoms with Gasteiger partial charge in [-0.3, -0.25) is 4.90 Å². The summed E-state index contributed by atoms with van der Waals surface area (Å²) in [5, 5.41) is 8.11. The topological polar surface area (TPSA) is 279 Å². The van der Waals surface area contributed by atoms with Gasteiger partial charge in [-0.1, -0.05) is 0 Å². The summed E-state index contributed by atoms with van der Waals surface area (Å²) in [5.41, 5.74) is 2.31. The molecule has 0 aromatic carbocycles. The molecule has 0 aliphatic heterocycles. The van der Waals surface area contributed by atoms with Crippen molar-refractivity contribution in [1.29, 1.82) is 0 Å². The Hall–Kier alpha value is -2.22. The molecule has 0 fully saturated rings. The van der Waals surface area contributed by atoms with Crippen LogP contribution in [0.25, 0.3) is 4.13 Å². The smallest absolute Gasteiger partial charge is 0.480 e. The van der Waals surface area contributed by atoms with E-state index >= 15 is 0 Å². The minimum absolute atomic E-state index is 0. The van der Waals surface area contributed by atoms with E-state index in [4.69, 9.17) is 31.4 Å². The van der Waals surface area contributed by atoms with E-state index in [0.29, 0.717) is 58.9 Å². The van der Waals surface area contributed by atoms with Crippen LogP contribution < -0.4 is 57.1 Å². The van der Waals surface area contributed by atoms with E-state index in [9.17, 15) is 57.6 Å². The summed E-state index contributed by atoms with van der Waals surface area (Å²) in [7, 11) is -11.3. The van der Waals surface area contributed by atoms with Gasteiger partial charge in [-0.2, -0.15) is 26.3 Å². The summed E-state index contributed by atoms with van der Waals surface area (Å²) in [6, 6.07) is 0. The Morgan fingerprint density at radius 1 is 0.569 bits per heavy atom. The molecule has 0 unspecified atom stereocenters. The zero-order valence-corrected chi connectivity index (χ0v) is 38.4. The average Bonchev–Trinajstić information content (AvgIpc) is 2.93. The van der Waals surface area contributed by atoms with Crippen molar-refractivity contribution in [2.24, 2.45) is 17.2 Å². The van der Waals surface area contributed by atoms with Gasteiger partial charge in [-0.05, 0) is 62.3 Å². The molecule has 0 heterocycles. The number of amides is 3. The number of carbonyl (C=O) groups excluding carboxylic acids is 3. The molecule has 28 heteroatoms. The largest absolute Gasteiger partial charge is 1.00 e. The molecule has 0 saturated carbocycles. The highest BCUT2D eigenvalue weighted by molar-refractivity contribution is 8.13. The molecule has 0 rings (SSSR count). The molecule has 0 aromatic rings. The lowest BCUT2D eigenvalue weighted by atomic mass is 10.2. The number of rotatable bonds is 17. The molecule has 0 saturated heterocycles. The van der Waals surface area contributed by atoms with Crippen molar-refractivity contribution in [2.75, 3.05) is 85.6 Å². The van der Waals surface area contributed by atoms with Crippen LogP contribution in [0.1, 0.15) is 62.3 Å². The molecule has 0 bridgehead atoms. The van der Waals surface area contributed by atoms with E-state index in [1.807, 2.05) is 4.90 Å². The Kier molecular flexibility index (Phi) is 28.9. The second-order valence-corrected chi connectivity index (χ2v) is 18.6. The van der Waals surface area contributed by atoms with Crippen molar-refractivity contribution in [1.82, 2.24) is 20.9 Å². The maximum absolute atomic E-state index is 11.8. The van der Waals surface area contributed by atoms with Crippen molar-refractivity contribution in [3.63, 3.8) is 0 Å². The quantitative estimate of drug-likeness (QED) is 0.0453. The van der Waals surface area contributed by atoms with Gasteiger partial charge >= 0.3 is 29.3 Å². The number of nitrogens with one attached hydrogen (secondary N) is 3. The van der Waals surface area contributed by atoms with Crippen LogP contribution >= 0.6 is 0 Å². The van der Waals surface area contributed by atoms with Crippen LogP contribution in [0.3, 0.4) is 0 Å². The van der Waals surface area contributed by atoms with Gasteiger partial charge in [0.2, 0.25) is 0 Å². The van der Waals surface area contributed by atoms with Gasteiger partial charge in [0.1, 0.15) is 16.8 Å². The van der Waals surface area contributed by atoms with E-state index in [0.717, 1.165) is 28.2 Å². The Labute approximate surface area is 355 Å². The zero-order chi connectivity index (χ0) is 45.7. The van der Waals surface area contributed by atoms with Gasteiger partial charge in [0.25, 0.3) is 0 Å². The number of ether oxygens (including phenoxy) is 3. The number of quaternary nitrogens is 1. The number of hydrogen-bond donors (Lipinski definition) is 6. The van der Waals surface area contributed by atoms with Crippen LogP contribution in [0.15, 0.2) is 0 Å². The van der Waals surface area contributed by atoms with Gasteiger partial charge in [0.05, 0.1) is 26.7 Å². The monoisotopic (exact) mass is 1010 g/mol. The van der Waals surface area contributed by atoms with Gasteiger partial charge in [-0.25, -0.2) is 31.2 Å². The maximum Gasteiger partial charge on any atom is 0.480 e. The van der Waals surface area contributed by atoms with E-state index in [2.05, 4.69) is 23.0 Å². The minimum Gasteiger partial charge on any atom is -1.00 e. The van der Waals surface area contributed by atoms with Crippen LogP contribution in [0.5, 0.6) is 0 Å². The third-order valence-electron chi connectivity index (χ3n) is 6.08. The lowest BCUT2D eigenvalue weighted by molar-refractivity contribution is -0.905.